The average molecular weight is 244 g/mol. The Morgan fingerprint density at radius 2 is 2.33 bits per heavy atom. The summed E-state index contributed by atoms with van der Waals surface area (Å²) in [5.41, 5.74) is 1.65. The van der Waals surface area contributed by atoms with Crippen molar-refractivity contribution in [2.24, 2.45) is 7.05 Å². The average Bonchev–Trinajstić information content (AvgIpc) is 2.67. The summed E-state index contributed by atoms with van der Waals surface area (Å²) in [6.07, 6.45) is 1.76. The van der Waals surface area contributed by atoms with Crippen molar-refractivity contribution in [1.29, 1.82) is 0 Å². The maximum absolute atomic E-state index is 11.4. The monoisotopic (exact) mass is 243 g/mol. The maximum Gasteiger partial charge on any atom is 0.307 e. The quantitative estimate of drug-likeness (QED) is 0.805. The summed E-state index contributed by atoms with van der Waals surface area (Å²) in [4.78, 5) is 11.4. The van der Waals surface area contributed by atoms with Crippen molar-refractivity contribution >= 4 is 22.9 Å². The van der Waals surface area contributed by atoms with Gasteiger partial charge in [0, 0.05) is 18.6 Å². The molecule has 2 heterocycles. The largest absolute Gasteiger partial charge is 0.307 e. The van der Waals surface area contributed by atoms with Crippen LogP contribution in [0.1, 0.15) is 11.4 Å². The van der Waals surface area contributed by atoms with E-state index in [4.69, 9.17) is 11.6 Å². The van der Waals surface area contributed by atoms with Crippen molar-refractivity contribution in [2.45, 2.75) is 13.5 Å². The zero-order chi connectivity index (χ0) is 11.0. The van der Waals surface area contributed by atoms with Gasteiger partial charge in [-0.15, -0.1) is 0 Å². The normalized spacial score (nSPS) is 10.9. The van der Waals surface area contributed by atoms with Crippen LogP contribution in [0.25, 0.3) is 0 Å². The molecule has 0 amide bonds. The summed E-state index contributed by atoms with van der Waals surface area (Å²) in [7, 11) is 1.83. The topological polar surface area (TPSA) is 39.8 Å². The third-order valence-corrected chi connectivity index (χ3v) is 3.41. The van der Waals surface area contributed by atoms with Gasteiger partial charge in [-0.2, -0.15) is 5.10 Å². The van der Waals surface area contributed by atoms with Crippen LogP contribution in [0.4, 0.5) is 0 Å². The summed E-state index contributed by atoms with van der Waals surface area (Å²) >= 11 is 7.26. The van der Waals surface area contributed by atoms with Gasteiger partial charge >= 0.3 is 4.87 Å². The molecule has 6 heteroatoms. The second-order valence-electron chi connectivity index (χ2n) is 3.27. The Morgan fingerprint density at radius 3 is 2.80 bits per heavy atom. The van der Waals surface area contributed by atoms with E-state index in [1.54, 1.807) is 20.8 Å². The number of halogens is 1. The molecule has 0 aliphatic rings. The Morgan fingerprint density at radius 1 is 1.60 bits per heavy atom. The molecule has 4 nitrogen and oxygen atoms in total. The molecule has 0 aromatic carbocycles. The molecule has 0 bridgehead atoms. The Kier molecular flexibility index (Phi) is 2.67. The SMILES string of the molecule is Cc1nn(C)c(Cn2ccsc2=O)c1Cl. The Hall–Kier alpha value is -1.07. The van der Waals surface area contributed by atoms with Crippen LogP contribution in [0.15, 0.2) is 16.4 Å². The van der Waals surface area contributed by atoms with Gasteiger partial charge in [0.2, 0.25) is 0 Å². The van der Waals surface area contributed by atoms with E-state index in [1.165, 1.54) is 11.3 Å². The van der Waals surface area contributed by atoms with Gasteiger partial charge in [-0.3, -0.25) is 14.0 Å². The van der Waals surface area contributed by atoms with Crippen molar-refractivity contribution in [3.05, 3.63) is 37.7 Å². The van der Waals surface area contributed by atoms with E-state index in [2.05, 4.69) is 5.10 Å². The Bertz CT molecular complexity index is 540. The first kappa shape index (κ1) is 10.4. The molecular formula is C9H10ClN3OS. The van der Waals surface area contributed by atoms with Crippen LogP contribution in [-0.2, 0) is 13.6 Å². The van der Waals surface area contributed by atoms with Crippen molar-refractivity contribution in [1.82, 2.24) is 14.3 Å². The second kappa shape index (κ2) is 3.83. The van der Waals surface area contributed by atoms with E-state index in [-0.39, 0.29) is 4.87 Å². The van der Waals surface area contributed by atoms with Crippen LogP contribution in [0.3, 0.4) is 0 Å². The van der Waals surface area contributed by atoms with E-state index >= 15 is 0 Å². The molecule has 0 spiro atoms. The van der Waals surface area contributed by atoms with Gasteiger partial charge in [0.15, 0.2) is 0 Å². The summed E-state index contributed by atoms with van der Waals surface area (Å²) in [5.74, 6) is 0. The number of hydrogen-bond donors (Lipinski definition) is 0. The zero-order valence-corrected chi connectivity index (χ0v) is 9.97. The first-order chi connectivity index (χ1) is 7.09. The van der Waals surface area contributed by atoms with Crippen LogP contribution in [-0.4, -0.2) is 14.3 Å². The molecule has 15 heavy (non-hydrogen) atoms. The molecule has 0 aliphatic heterocycles. The maximum atomic E-state index is 11.4. The van der Waals surface area contributed by atoms with E-state index in [0.717, 1.165) is 11.4 Å². The van der Waals surface area contributed by atoms with E-state index in [0.29, 0.717) is 11.6 Å². The van der Waals surface area contributed by atoms with Crippen molar-refractivity contribution in [3.8, 4) is 0 Å². The Labute approximate surface area is 95.7 Å². The van der Waals surface area contributed by atoms with Gasteiger partial charge in [0.05, 0.1) is 23.0 Å². The first-order valence-corrected chi connectivity index (χ1v) is 5.67. The highest BCUT2D eigenvalue weighted by atomic mass is 35.5. The lowest BCUT2D eigenvalue weighted by atomic mass is 10.3. The van der Waals surface area contributed by atoms with E-state index < -0.39 is 0 Å². The highest BCUT2D eigenvalue weighted by Crippen LogP contribution is 2.19. The minimum Gasteiger partial charge on any atom is -0.300 e. The van der Waals surface area contributed by atoms with Gasteiger partial charge in [0.25, 0.3) is 0 Å². The molecule has 0 unspecified atom stereocenters. The van der Waals surface area contributed by atoms with E-state index in [9.17, 15) is 4.79 Å². The lowest BCUT2D eigenvalue weighted by Gasteiger charge is -2.02. The second-order valence-corrected chi connectivity index (χ2v) is 4.50. The van der Waals surface area contributed by atoms with Gasteiger partial charge in [0.1, 0.15) is 0 Å². The van der Waals surface area contributed by atoms with Crippen molar-refractivity contribution < 1.29 is 0 Å². The van der Waals surface area contributed by atoms with Crippen molar-refractivity contribution in [2.75, 3.05) is 0 Å². The molecule has 0 aliphatic carbocycles. The molecule has 0 N–H and O–H groups in total. The lowest BCUT2D eigenvalue weighted by Crippen LogP contribution is -2.15. The van der Waals surface area contributed by atoms with Crippen LogP contribution in [0.5, 0.6) is 0 Å². The minimum atomic E-state index is 0.0184. The number of rotatable bonds is 2. The smallest absolute Gasteiger partial charge is 0.300 e. The number of hydrogen-bond acceptors (Lipinski definition) is 3. The molecule has 2 rings (SSSR count). The van der Waals surface area contributed by atoms with Gasteiger partial charge in [-0.25, -0.2) is 0 Å². The molecule has 80 valence electrons. The number of aromatic nitrogens is 3. The van der Waals surface area contributed by atoms with Crippen molar-refractivity contribution in [3.63, 3.8) is 0 Å². The van der Waals surface area contributed by atoms with E-state index in [1.807, 2.05) is 14.0 Å². The fourth-order valence-electron chi connectivity index (χ4n) is 1.42. The first-order valence-electron chi connectivity index (χ1n) is 4.41. The molecule has 0 fully saturated rings. The third kappa shape index (κ3) is 1.85. The number of aryl methyl sites for hydroxylation is 2. The lowest BCUT2D eigenvalue weighted by molar-refractivity contribution is 0.659. The minimum absolute atomic E-state index is 0.0184. The molecular weight excluding hydrogens is 234 g/mol. The van der Waals surface area contributed by atoms with Crippen LogP contribution in [0.2, 0.25) is 5.02 Å². The van der Waals surface area contributed by atoms with Crippen LogP contribution < -0.4 is 4.87 Å². The fourth-order valence-corrected chi connectivity index (χ4v) is 2.23. The molecule has 0 saturated carbocycles. The zero-order valence-electron chi connectivity index (χ0n) is 8.40. The summed E-state index contributed by atoms with van der Waals surface area (Å²) < 4.78 is 3.33. The number of nitrogens with zero attached hydrogens (tertiary/aromatic N) is 3. The predicted octanol–water partition coefficient (Wildman–Crippen LogP) is 1.65. The van der Waals surface area contributed by atoms with Gasteiger partial charge < -0.3 is 0 Å². The highest BCUT2D eigenvalue weighted by Gasteiger charge is 2.11. The van der Waals surface area contributed by atoms with Gasteiger partial charge in [-0.05, 0) is 6.92 Å². The van der Waals surface area contributed by atoms with Crippen LogP contribution >= 0.6 is 22.9 Å². The molecule has 0 radical (unpaired) electrons. The van der Waals surface area contributed by atoms with Crippen LogP contribution in [0, 0.1) is 6.92 Å². The summed E-state index contributed by atoms with van der Waals surface area (Å²) in [6, 6.07) is 0. The van der Waals surface area contributed by atoms with Gasteiger partial charge in [-0.1, -0.05) is 22.9 Å². The summed E-state index contributed by atoms with van der Waals surface area (Å²) in [6.45, 7) is 2.32. The highest BCUT2D eigenvalue weighted by molar-refractivity contribution is 7.07. The molecule has 2 aromatic heterocycles. The standard InChI is InChI=1S/C9H10ClN3OS/c1-6-8(10)7(12(2)11-6)5-13-3-4-15-9(13)14/h3-4H,5H2,1-2H3. The molecule has 0 saturated heterocycles. The fraction of sp³-hybridized carbons (Fsp3) is 0.333. The predicted molar refractivity (Wildman–Crippen MR) is 60.6 cm³/mol. The molecule has 0 atom stereocenters. The summed E-state index contributed by atoms with van der Waals surface area (Å²) in [5, 5.41) is 6.59. The third-order valence-electron chi connectivity index (χ3n) is 2.23. The Balaban J connectivity index is 2.40. The number of thiazole rings is 1. The molecule has 2 aromatic rings.